The third kappa shape index (κ3) is 6.07. The lowest BCUT2D eigenvalue weighted by Gasteiger charge is -2.17. The molecule has 1 aromatic rings. The maximum atomic E-state index is 13.1. The van der Waals surface area contributed by atoms with E-state index in [1.165, 1.54) is 57.5 Å². The van der Waals surface area contributed by atoms with Crippen molar-refractivity contribution in [1.82, 2.24) is 5.32 Å². The molecule has 0 spiro atoms. The molecule has 0 aliphatic carbocycles. The lowest BCUT2D eigenvalue weighted by Crippen LogP contribution is -3.11. The molecule has 0 unspecified atom stereocenters. The van der Waals surface area contributed by atoms with Gasteiger partial charge in [0.1, 0.15) is 5.82 Å². The van der Waals surface area contributed by atoms with E-state index in [1.807, 2.05) is 0 Å². The summed E-state index contributed by atoms with van der Waals surface area (Å²) in [6.07, 6.45) is 6.58. The van der Waals surface area contributed by atoms with Gasteiger partial charge in [0, 0.05) is 18.7 Å². The first kappa shape index (κ1) is 17.4. The van der Waals surface area contributed by atoms with Gasteiger partial charge in [-0.2, -0.15) is 0 Å². The molecule has 3 nitrogen and oxygen atoms in total. The normalized spacial score (nSPS) is 16.1. The summed E-state index contributed by atoms with van der Waals surface area (Å²) in [4.78, 5) is 1.71. The number of quaternary nitrogens is 1. The van der Waals surface area contributed by atoms with Gasteiger partial charge >= 0.3 is 0 Å². The molecule has 1 aliphatic rings. The minimum atomic E-state index is -0.425. The number of halogens is 2. The smallest absolute Gasteiger partial charge is 0.170 e. The van der Waals surface area contributed by atoms with Gasteiger partial charge in [-0.25, -0.2) is 4.39 Å². The van der Waals surface area contributed by atoms with Crippen molar-refractivity contribution in [2.24, 2.45) is 0 Å². The van der Waals surface area contributed by atoms with Crippen LogP contribution in [0.1, 0.15) is 32.1 Å². The highest BCUT2D eigenvalue weighted by Crippen LogP contribution is 2.19. The molecule has 6 heteroatoms. The van der Waals surface area contributed by atoms with Crippen molar-refractivity contribution in [3.63, 3.8) is 0 Å². The zero-order valence-electron chi connectivity index (χ0n) is 12.8. The topological polar surface area (TPSA) is 28.5 Å². The van der Waals surface area contributed by atoms with Crippen LogP contribution in [-0.4, -0.2) is 31.3 Å². The van der Waals surface area contributed by atoms with Crippen molar-refractivity contribution < 1.29 is 9.29 Å². The van der Waals surface area contributed by atoms with E-state index in [9.17, 15) is 4.39 Å². The Morgan fingerprint density at radius 1 is 1.23 bits per heavy atom. The number of likely N-dealkylation sites (tertiary alicyclic amines) is 1. The van der Waals surface area contributed by atoms with Crippen LogP contribution in [0, 0.1) is 5.82 Å². The average Bonchev–Trinajstić information content (AvgIpc) is 2.76. The molecule has 0 atom stereocenters. The van der Waals surface area contributed by atoms with Gasteiger partial charge in [0.05, 0.1) is 24.7 Å². The molecule has 2 rings (SSSR count). The Morgan fingerprint density at radius 3 is 2.64 bits per heavy atom. The fourth-order valence-electron chi connectivity index (χ4n) is 2.77. The van der Waals surface area contributed by atoms with Crippen LogP contribution in [0.5, 0.6) is 0 Å². The van der Waals surface area contributed by atoms with E-state index in [2.05, 4.69) is 10.6 Å². The zero-order chi connectivity index (χ0) is 15.8. The third-order valence-electron chi connectivity index (χ3n) is 3.98. The van der Waals surface area contributed by atoms with Gasteiger partial charge in [0.15, 0.2) is 5.11 Å². The highest BCUT2D eigenvalue weighted by Gasteiger charge is 2.11. The van der Waals surface area contributed by atoms with Gasteiger partial charge in [0.2, 0.25) is 0 Å². The molecule has 22 heavy (non-hydrogen) atoms. The Labute approximate surface area is 142 Å². The van der Waals surface area contributed by atoms with Crippen LogP contribution in [0.15, 0.2) is 18.2 Å². The number of nitrogens with one attached hydrogen (secondary N) is 3. The van der Waals surface area contributed by atoms with Crippen LogP contribution in [0.3, 0.4) is 0 Å². The molecular formula is C16H24ClFN3S+. The van der Waals surface area contributed by atoms with E-state index in [1.54, 1.807) is 11.0 Å². The predicted octanol–water partition coefficient (Wildman–Crippen LogP) is 2.61. The maximum absolute atomic E-state index is 13.1. The van der Waals surface area contributed by atoms with E-state index < -0.39 is 5.82 Å². The second kappa shape index (κ2) is 9.28. The van der Waals surface area contributed by atoms with Gasteiger partial charge in [-0.1, -0.05) is 11.6 Å². The largest absolute Gasteiger partial charge is 0.362 e. The first-order valence-corrected chi connectivity index (χ1v) is 8.77. The Hall–Kier alpha value is -0.910. The van der Waals surface area contributed by atoms with Crippen molar-refractivity contribution in [3.8, 4) is 0 Å². The number of benzene rings is 1. The molecule has 1 fully saturated rings. The van der Waals surface area contributed by atoms with Gasteiger partial charge < -0.3 is 15.5 Å². The number of anilines is 1. The quantitative estimate of drug-likeness (QED) is 0.566. The summed E-state index contributed by atoms with van der Waals surface area (Å²) < 4.78 is 13.1. The Kier molecular flexibility index (Phi) is 7.36. The van der Waals surface area contributed by atoms with Gasteiger partial charge in [-0.3, -0.25) is 0 Å². The molecule has 0 radical (unpaired) electrons. The number of thiocarbonyl (C=S) groups is 1. The van der Waals surface area contributed by atoms with E-state index in [-0.39, 0.29) is 5.02 Å². The summed E-state index contributed by atoms with van der Waals surface area (Å²) >= 11 is 11.0. The summed E-state index contributed by atoms with van der Waals surface area (Å²) in [7, 11) is 0. The number of rotatable bonds is 5. The minimum Gasteiger partial charge on any atom is -0.362 e. The molecule has 1 aromatic carbocycles. The first-order valence-electron chi connectivity index (χ1n) is 7.98. The zero-order valence-corrected chi connectivity index (χ0v) is 14.3. The summed E-state index contributed by atoms with van der Waals surface area (Å²) in [6, 6.07) is 4.48. The van der Waals surface area contributed by atoms with Crippen molar-refractivity contribution in [1.29, 1.82) is 0 Å². The van der Waals surface area contributed by atoms with Crippen LogP contribution in [0.4, 0.5) is 10.1 Å². The van der Waals surface area contributed by atoms with Crippen molar-refractivity contribution in [3.05, 3.63) is 29.0 Å². The van der Waals surface area contributed by atoms with Crippen LogP contribution in [-0.2, 0) is 0 Å². The van der Waals surface area contributed by atoms with Crippen LogP contribution in [0.25, 0.3) is 0 Å². The standard InChI is InChI=1S/C16H23ClFN3S/c17-14-12-13(6-7-15(14)18)20-16(22)19-8-5-11-21-9-3-1-2-4-10-21/h6-7,12H,1-5,8-11H2,(H2,19,20,22)/p+1. The Bertz CT molecular complexity index is 490. The van der Waals surface area contributed by atoms with Crippen LogP contribution >= 0.6 is 23.8 Å². The molecule has 0 saturated carbocycles. The molecule has 0 amide bonds. The lowest BCUT2D eigenvalue weighted by atomic mass is 10.2. The fourth-order valence-corrected chi connectivity index (χ4v) is 3.17. The number of hydrogen-bond acceptors (Lipinski definition) is 1. The van der Waals surface area contributed by atoms with Gasteiger partial charge in [-0.15, -0.1) is 0 Å². The summed E-state index contributed by atoms with van der Waals surface area (Å²) in [5.41, 5.74) is 0.696. The van der Waals surface area contributed by atoms with Crippen molar-refractivity contribution in [2.75, 3.05) is 31.5 Å². The molecule has 1 saturated heterocycles. The minimum absolute atomic E-state index is 0.0950. The predicted molar refractivity (Wildman–Crippen MR) is 94.3 cm³/mol. The summed E-state index contributed by atoms with van der Waals surface area (Å²) in [5, 5.41) is 6.86. The van der Waals surface area contributed by atoms with E-state index in [0.717, 1.165) is 13.0 Å². The van der Waals surface area contributed by atoms with Crippen molar-refractivity contribution in [2.45, 2.75) is 32.1 Å². The second-order valence-corrected chi connectivity index (χ2v) is 6.59. The third-order valence-corrected chi connectivity index (χ3v) is 4.52. The molecular weight excluding hydrogens is 321 g/mol. The summed E-state index contributed by atoms with van der Waals surface area (Å²) in [6.45, 7) is 4.65. The summed E-state index contributed by atoms with van der Waals surface area (Å²) in [5.74, 6) is -0.425. The molecule has 3 N–H and O–H groups in total. The second-order valence-electron chi connectivity index (χ2n) is 5.78. The lowest BCUT2D eigenvalue weighted by molar-refractivity contribution is -0.899. The molecule has 122 valence electrons. The SMILES string of the molecule is Fc1ccc(NC(=S)NCCC[NH+]2CCCCCC2)cc1Cl. The highest BCUT2D eigenvalue weighted by atomic mass is 35.5. The van der Waals surface area contributed by atoms with Gasteiger partial charge in [0.25, 0.3) is 0 Å². The Balaban J connectivity index is 1.63. The average molecular weight is 345 g/mol. The molecule has 0 bridgehead atoms. The van der Waals surface area contributed by atoms with Crippen LogP contribution < -0.4 is 15.5 Å². The maximum Gasteiger partial charge on any atom is 0.170 e. The monoisotopic (exact) mass is 344 g/mol. The van der Waals surface area contributed by atoms with E-state index in [0.29, 0.717) is 10.8 Å². The Morgan fingerprint density at radius 2 is 1.95 bits per heavy atom. The highest BCUT2D eigenvalue weighted by molar-refractivity contribution is 7.80. The molecule has 1 aliphatic heterocycles. The van der Waals surface area contributed by atoms with E-state index >= 15 is 0 Å². The number of hydrogen-bond donors (Lipinski definition) is 3. The van der Waals surface area contributed by atoms with Gasteiger partial charge in [-0.05, 0) is 56.1 Å². The van der Waals surface area contributed by atoms with Crippen LogP contribution in [0.2, 0.25) is 5.02 Å². The molecule has 1 heterocycles. The van der Waals surface area contributed by atoms with E-state index in [4.69, 9.17) is 23.8 Å². The molecule has 0 aromatic heterocycles. The fraction of sp³-hybridized carbons (Fsp3) is 0.562. The first-order chi connectivity index (χ1) is 10.6. The van der Waals surface area contributed by atoms with Crippen molar-refractivity contribution >= 4 is 34.6 Å².